The van der Waals surface area contributed by atoms with Crippen molar-refractivity contribution in [1.82, 2.24) is 0 Å². The molecule has 1 aromatic carbocycles. The monoisotopic (exact) mass is 344 g/mol. The van der Waals surface area contributed by atoms with Gasteiger partial charge in [0.2, 0.25) is 0 Å². The average Bonchev–Trinajstić information content (AvgIpc) is 2.37. The fraction of sp³-hybridized carbons (Fsp3) is 0.500. The standard InChI is InChI=1S/C14H21BrN2OS/c1-4-6-12(18-5-2)17-11-7-9(3)14(19)13(15)10(11)8-16/h7-8,12,16-17,19H,4-6H2,1-3H3. The Morgan fingerprint density at radius 1 is 1.53 bits per heavy atom. The molecule has 3 nitrogen and oxygen atoms in total. The quantitative estimate of drug-likeness (QED) is 0.384. The molecular weight excluding hydrogens is 324 g/mol. The molecule has 0 aromatic heterocycles. The van der Waals surface area contributed by atoms with E-state index in [9.17, 15) is 0 Å². The number of rotatable bonds is 7. The van der Waals surface area contributed by atoms with E-state index in [1.54, 1.807) is 0 Å². The number of anilines is 1. The van der Waals surface area contributed by atoms with E-state index in [2.05, 4.69) is 40.8 Å². The van der Waals surface area contributed by atoms with Gasteiger partial charge in [0.25, 0.3) is 0 Å². The Morgan fingerprint density at radius 3 is 2.74 bits per heavy atom. The molecule has 1 atom stereocenters. The van der Waals surface area contributed by atoms with E-state index in [4.69, 9.17) is 10.1 Å². The van der Waals surface area contributed by atoms with Gasteiger partial charge < -0.3 is 15.5 Å². The van der Waals surface area contributed by atoms with Crippen LogP contribution in [-0.2, 0) is 4.74 Å². The molecule has 0 saturated carbocycles. The van der Waals surface area contributed by atoms with Crippen LogP contribution in [0.1, 0.15) is 37.8 Å². The summed E-state index contributed by atoms with van der Waals surface area (Å²) in [4.78, 5) is 0.868. The summed E-state index contributed by atoms with van der Waals surface area (Å²) in [6.45, 7) is 6.78. The van der Waals surface area contributed by atoms with Crippen LogP contribution < -0.4 is 5.32 Å². The Kier molecular flexibility index (Phi) is 6.89. The van der Waals surface area contributed by atoms with Crippen molar-refractivity contribution < 1.29 is 4.74 Å². The van der Waals surface area contributed by atoms with Gasteiger partial charge in [-0.2, -0.15) is 0 Å². The third kappa shape index (κ3) is 4.23. The topological polar surface area (TPSA) is 45.1 Å². The summed E-state index contributed by atoms with van der Waals surface area (Å²) in [5.41, 5.74) is 2.77. The summed E-state index contributed by atoms with van der Waals surface area (Å²) in [6, 6.07) is 2.01. The Balaban J connectivity index is 3.08. The molecular formula is C14H21BrN2OS. The second-order valence-corrected chi connectivity index (χ2v) is 5.58. The van der Waals surface area contributed by atoms with Crippen molar-refractivity contribution in [2.45, 2.75) is 44.7 Å². The molecule has 0 aliphatic rings. The Labute approximate surface area is 129 Å². The molecule has 19 heavy (non-hydrogen) atoms. The first-order valence-electron chi connectivity index (χ1n) is 6.45. The Hall–Kier alpha value is -0.520. The molecule has 0 amide bonds. The fourth-order valence-electron chi connectivity index (χ4n) is 1.88. The maximum atomic E-state index is 7.57. The lowest BCUT2D eigenvalue weighted by Gasteiger charge is -2.22. The zero-order valence-corrected chi connectivity index (χ0v) is 14.1. The van der Waals surface area contributed by atoms with E-state index in [1.807, 2.05) is 19.9 Å². The minimum atomic E-state index is -0.0224. The lowest BCUT2D eigenvalue weighted by Crippen LogP contribution is -2.23. The molecule has 0 fully saturated rings. The molecule has 0 heterocycles. The van der Waals surface area contributed by atoms with Crippen molar-refractivity contribution in [3.8, 4) is 0 Å². The van der Waals surface area contributed by atoms with Crippen molar-refractivity contribution in [2.75, 3.05) is 11.9 Å². The van der Waals surface area contributed by atoms with Crippen molar-refractivity contribution in [3.05, 3.63) is 21.7 Å². The van der Waals surface area contributed by atoms with Gasteiger partial charge in [0, 0.05) is 33.4 Å². The zero-order chi connectivity index (χ0) is 14.4. The molecule has 1 rings (SSSR count). The third-order valence-electron chi connectivity index (χ3n) is 2.85. The predicted octanol–water partition coefficient (Wildman–Crippen LogP) is 4.62. The van der Waals surface area contributed by atoms with Crippen molar-refractivity contribution in [1.29, 1.82) is 5.41 Å². The first-order chi connectivity index (χ1) is 9.04. The molecule has 0 bridgehead atoms. The van der Waals surface area contributed by atoms with E-state index >= 15 is 0 Å². The van der Waals surface area contributed by atoms with Gasteiger partial charge in [-0.15, -0.1) is 12.6 Å². The van der Waals surface area contributed by atoms with E-state index in [1.165, 1.54) is 6.21 Å². The molecule has 106 valence electrons. The summed E-state index contributed by atoms with van der Waals surface area (Å²) in [7, 11) is 0. The van der Waals surface area contributed by atoms with Crippen molar-refractivity contribution in [3.63, 3.8) is 0 Å². The number of hydrogen-bond donors (Lipinski definition) is 3. The van der Waals surface area contributed by atoms with E-state index in [-0.39, 0.29) is 6.23 Å². The SMILES string of the molecule is CCCC(Nc1cc(C)c(S)c(Br)c1C=N)OCC. The second kappa shape index (κ2) is 7.92. The van der Waals surface area contributed by atoms with E-state index in [0.29, 0.717) is 6.61 Å². The van der Waals surface area contributed by atoms with Gasteiger partial charge in [-0.25, -0.2) is 0 Å². The molecule has 0 radical (unpaired) electrons. The minimum absolute atomic E-state index is 0.0224. The van der Waals surface area contributed by atoms with Crippen LogP contribution in [0.15, 0.2) is 15.4 Å². The average molecular weight is 345 g/mol. The van der Waals surface area contributed by atoms with E-state index < -0.39 is 0 Å². The van der Waals surface area contributed by atoms with Gasteiger partial charge in [-0.1, -0.05) is 13.3 Å². The third-order valence-corrected chi connectivity index (χ3v) is 4.55. The van der Waals surface area contributed by atoms with Crippen molar-refractivity contribution in [2.24, 2.45) is 0 Å². The fourth-order valence-corrected chi connectivity index (χ4v) is 2.70. The summed E-state index contributed by atoms with van der Waals surface area (Å²) < 4.78 is 6.52. The number of hydrogen-bond acceptors (Lipinski definition) is 4. The lowest BCUT2D eigenvalue weighted by atomic mass is 10.1. The normalized spacial score (nSPS) is 12.3. The molecule has 0 aliphatic carbocycles. The van der Waals surface area contributed by atoms with Gasteiger partial charge in [-0.05, 0) is 47.8 Å². The van der Waals surface area contributed by atoms with Crippen LogP contribution in [-0.4, -0.2) is 19.0 Å². The van der Waals surface area contributed by atoms with Crippen molar-refractivity contribution >= 4 is 40.5 Å². The van der Waals surface area contributed by atoms with Gasteiger partial charge >= 0.3 is 0 Å². The van der Waals surface area contributed by atoms with Gasteiger partial charge in [-0.3, -0.25) is 0 Å². The number of benzene rings is 1. The maximum Gasteiger partial charge on any atom is 0.127 e. The Morgan fingerprint density at radius 2 is 2.21 bits per heavy atom. The van der Waals surface area contributed by atoms with Gasteiger partial charge in [0.15, 0.2) is 0 Å². The maximum absolute atomic E-state index is 7.57. The number of ether oxygens (including phenoxy) is 1. The lowest BCUT2D eigenvalue weighted by molar-refractivity contribution is 0.0762. The molecule has 0 saturated heterocycles. The largest absolute Gasteiger partial charge is 0.360 e. The molecule has 5 heteroatoms. The number of halogens is 1. The van der Waals surface area contributed by atoms with E-state index in [0.717, 1.165) is 39.0 Å². The highest BCUT2D eigenvalue weighted by molar-refractivity contribution is 9.10. The summed E-state index contributed by atoms with van der Waals surface area (Å²) in [6.07, 6.45) is 3.29. The van der Waals surface area contributed by atoms with Crippen LogP contribution in [0.2, 0.25) is 0 Å². The summed E-state index contributed by atoms with van der Waals surface area (Å²) in [5.74, 6) is 0. The molecule has 0 aliphatic heterocycles. The second-order valence-electron chi connectivity index (χ2n) is 4.34. The molecule has 1 unspecified atom stereocenters. The molecule has 2 N–H and O–H groups in total. The first-order valence-corrected chi connectivity index (χ1v) is 7.69. The highest BCUT2D eigenvalue weighted by Crippen LogP contribution is 2.33. The highest BCUT2D eigenvalue weighted by atomic mass is 79.9. The van der Waals surface area contributed by atoms with Crippen LogP contribution in [0.5, 0.6) is 0 Å². The smallest absolute Gasteiger partial charge is 0.127 e. The number of nitrogens with one attached hydrogen (secondary N) is 2. The van der Waals surface area contributed by atoms with Gasteiger partial charge in [0.05, 0.1) is 0 Å². The Bertz CT molecular complexity index is 446. The number of aryl methyl sites for hydroxylation is 1. The summed E-state index contributed by atoms with van der Waals surface area (Å²) in [5, 5.41) is 10.9. The van der Waals surface area contributed by atoms with Crippen LogP contribution in [0, 0.1) is 12.3 Å². The van der Waals surface area contributed by atoms with Crippen LogP contribution in [0.3, 0.4) is 0 Å². The van der Waals surface area contributed by atoms with Crippen LogP contribution in [0.25, 0.3) is 0 Å². The molecule has 0 spiro atoms. The molecule has 1 aromatic rings. The predicted molar refractivity (Wildman–Crippen MR) is 88.0 cm³/mol. The minimum Gasteiger partial charge on any atom is -0.360 e. The number of thiol groups is 1. The van der Waals surface area contributed by atoms with Gasteiger partial charge in [0.1, 0.15) is 6.23 Å². The van der Waals surface area contributed by atoms with Crippen LogP contribution in [0.4, 0.5) is 5.69 Å². The van der Waals surface area contributed by atoms with Crippen LogP contribution >= 0.6 is 28.6 Å². The highest BCUT2D eigenvalue weighted by Gasteiger charge is 2.14. The summed E-state index contributed by atoms with van der Waals surface area (Å²) >= 11 is 7.95. The first kappa shape index (κ1) is 16.5. The zero-order valence-electron chi connectivity index (χ0n) is 11.6.